The highest BCUT2D eigenvalue weighted by Gasteiger charge is 2.28. The lowest BCUT2D eigenvalue weighted by Crippen LogP contribution is -2.46. The van der Waals surface area contributed by atoms with E-state index in [4.69, 9.17) is 0 Å². The molecule has 98 valence electrons. The van der Waals surface area contributed by atoms with Gasteiger partial charge in [0, 0.05) is 19.1 Å². The van der Waals surface area contributed by atoms with Gasteiger partial charge in [-0.05, 0) is 50.3 Å². The second-order valence-corrected chi connectivity index (χ2v) is 5.83. The van der Waals surface area contributed by atoms with Gasteiger partial charge in [0.1, 0.15) is 0 Å². The zero-order chi connectivity index (χ0) is 12.2. The van der Waals surface area contributed by atoms with Crippen molar-refractivity contribution in [3.05, 3.63) is 35.9 Å². The second kappa shape index (κ2) is 5.85. The van der Waals surface area contributed by atoms with Crippen LogP contribution in [0, 0.1) is 5.92 Å². The van der Waals surface area contributed by atoms with Crippen molar-refractivity contribution in [3.63, 3.8) is 0 Å². The molecule has 18 heavy (non-hydrogen) atoms. The van der Waals surface area contributed by atoms with Gasteiger partial charge in [-0.15, -0.1) is 0 Å². The topological polar surface area (TPSA) is 15.3 Å². The molecule has 2 heterocycles. The van der Waals surface area contributed by atoms with E-state index in [1.54, 1.807) is 0 Å². The maximum atomic E-state index is 3.74. The van der Waals surface area contributed by atoms with E-state index in [-0.39, 0.29) is 0 Å². The van der Waals surface area contributed by atoms with Gasteiger partial charge in [-0.1, -0.05) is 30.3 Å². The van der Waals surface area contributed by atoms with E-state index in [1.807, 2.05) is 0 Å². The van der Waals surface area contributed by atoms with Crippen molar-refractivity contribution in [3.8, 4) is 0 Å². The van der Waals surface area contributed by atoms with Crippen molar-refractivity contribution < 1.29 is 0 Å². The third kappa shape index (κ3) is 2.93. The van der Waals surface area contributed by atoms with Crippen molar-refractivity contribution in [2.75, 3.05) is 19.6 Å². The molecule has 3 rings (SSSR count). The minimum absolute atomic E-state index is 0.741. The highest BCUT2D eigenvalue weighted by molar-refractivity contribution is 5.14. The molecule has 2 fully saturated rings. The molecule has 0 amide bonds. The number of rotatable bonds is 2. The summed E-state index contributed by atoms with van der Waals surface area (Å²) >= 11 is 0. The smallest absolute Gasteiger partial charge is 0.0234 e. The summed E-state index contributed by atoms with van der Waals surface area (Å²) in [6, 6.07) is 11.6. The van der Waals surface area contributed by atoms with E-state index in [9.17, 15) is 0 Å². The van der Waals surface area contributed by atoms with E-state index in [2.05, 4.69) is 40.5 Å². The van der Waals surface area contributed by atoms with Gasteiger partial charge in [0.05, 0.1) is 0 Å². The summed E-state index contributed by atoms with van der Waals surface area (Å²) in [6.07, 6.45) is 5.61. The summed E-state index contributed by atoms with van der Waals surface area (Å²) in [5, 5.41) is 3.74. The zero-order valence-electron chi connectivity index (χ0n) is 11.1. The lowest BCUT2D eigenvalue weighted by molar-refractivity contribution is 0.210. The first kappa shape index (κ1) is 12.2. The van der Waals surface area contributed by atoms with Gasteiger partial charge in [-0.2, -0.15) is 0 Å². The number of hydrogen-bond acceptors (Lipinski definition) is 2. The van der Waals surface area contributed by atoms with Crippen LogP contribution in [0.25, 0.3) is 0 Å². The summed E-state index contributed by atoms with van der Waals surface area (Å²) in [5.41, 5.74) is 1.45. The molecule has 1 aromatic carbocycles. The van der Waals surface area contributed by atoms with Gasteiger partial charge in [-0.25, -0.2) is 0 Å². The summed E-state index contributed by atoms with van der Waals surface area (Å²) in [6.45, 7) is 4.84. The molecule has 2 atom stereocenters. The lowest BCUT2D eigenvalue weighted by Gasteiger charge is -2.33. The average Bonchev–Trinajstić information content (AvgIpc) is 2.61. The first-order valence-corrected chi connectivity index (χ1v) is 7.41. The van der Waals surface area contributed by atoms with Crippen LogP contribution in [0.3, 0.4) is 0 Å². The monoisotopic (exact) mass is 244 g/mol. The van der Waals surface area contributed by atoms with Crippen molar-refractivity contribution in [1.29, 1.82) is 0 Å². The molecule has 0 aliphatic carbocycles. The lowest BCUT2D eigenvalue weighted by atomic mass is 9.88. The summed E-state index contributed by atoms with van der Waals surface area (Å²) in [5.74, 6) is 0.930. The molecule has 1 N–H and O–H groups in total. The highest BCUT2D eigenvalue weighted by atomic mass is 15.2. The van der Waals surface area contributed by atoms with E-state index in [1.165, 1.54) is 50.9 Å². The van der Waals surface area contributed by atoms with E-state index < -0.39 is 0 Å². The number of benzene rings is 1. The molecule has 2 heteroatoms. The van der Waals surface area contributed by atoms with Gasteiger partial charge in [0.15, 0.2) is 0 Å². The molecule has 2 aliphatic rings. The highest BCUT2D eigenvalue weighted by Crippen LogP contribution is 2.26. The van der Waals surface area contributed by atoms with Crippen molar-refractivity contribution >= 4 is 0 Å². The van der Waals surface area contributed by atoms with Gasteiger partial charge in [0.25, 0.3) is 0 Å². The van der Waals surface area contributed by atoms with Crippen molar-refractivity contribution in [1.82, 2.24) is 10.2 Å². The molecular formula is C16H24N2. The first-order chi connectivity index (χ1) is 8.92. The number of likely N-dealkylation sites (tertiary alicyclic amines) is 1. The van der Waals surface area contributed by atoms with Crippen molar-refractivity contribution in [2.24, 2.45) is 5.92 Å². The molecule has 0 aromatic heterocycles. The Kier molecular flexibility index (Phi) is 3.96. The summed E-state index contributed by atoms with van der Waals surface area (Å²) < 4.78 is 0. The van der Waals surface area contributed by atoms with Crippen LogP contribution >= 0.6 is 0 Å². The summed E-state index contributed by atoms with van der Waals surface area (Å²) in [7, 11) is 0. The predicted molar refractivity (Wildman–Crippen MR) is 75.5 cm³/mol. The van der Waals surface area contributed by atoms with Gasteiger partial charge in [-0.3, -0.25) is 4.90 Å². The van der Waals surface area contributed by atoms with Crippen LogP contribution in [0.4, 0.5) is 0 Å². The number of nitrogens with one attached hydrogen (secondary N) is 1. The molecule has 0 saturated carbocycles. The third-order valence-electron chi connectivity index (χ3n) is 4.48. The van der Waals surface area contributed by atoms with Crippen LogP contribution in [0.1, 0.15) is 31.2 Å². The minimum atomic E-state index is 0.741. The maximum Gasteiger partial charge on any atom is 0.0234 e. The second-order valence-electron chi connectivity index (χ2n) is 5.83. The van der Waals surface area contributed by atoms with Crippen LogP contribution in [0.2, 0.25) is 0 Å². The molecule has 0 spiro atoms. The fraction of sp³-hybridized carbons (Fsp3) is 0.625. The number of nitrogens with zero attached hydrogens (tertiary/aromatic N) is 1. The maximum absolute atomic E-state index is 3.74. The molecule has 0 bridgehead atoms. The van der Waals surface area contributed by atoms with E-state index >= 15 is 0 Å². The van der Waals surface area contributed by atoms with Crippen LogP contribution in [0.5, 0.6) is 0 Å². The average molecular weight is 244 g/mol. The van der Waals surface area contributed by atoms with Gasteiger partial charge in [0.2, 0.25) is 0 Å². The molecule has 2 aliphatic heterocycles. The van der Waals surface area contributed by atoms with Gasteiger partial charge >= 0.3 is 0 Å². The third-order valence-corrected chi connectivity index (χ3v) is 4.48. The van der Waals surface area contributed by atoms with Crippen LogP contribution < -0.4 is 5.32 Å². The molecular weight excluding hydrogens is 220 g/mol. The number of fused-ring (bicyclic) bond motifs is 1. The van der Waals surface area contributed by atoms with Crippen LogP contribution in [-0.2, 0) is 6.54 Å². The van der Waals surface area contributed by atoms with Crippen LogP contribution in [0.15, 0.2) is 30.3 Å². The molecule has 0 radical (unpaired) electrons. The molecule has 2 saturated heterocycles. The number of hydrogen-bond donors (Lipinski definition) is 1. The Morgan fingerprint density at radius 3 is 2.83 bits per heavy atom. The molecule has 1 aromatic rings. The minimum Gasteiger partial charge on any atom is -0.312 e. The quantitative estimate of drug-likeness (QED) is 0.860. The van der Waals surface area contributed by atoms with Crippen LogP contribution in [-0.4, -0.2) is 30.6 Å². The predicted octanol–water partition coefficient (Wildman–Crippen LogP) is 2.65. The van der Waals surface area contributed by atoms with E-state index in [0.717, 1.165) is 18.5 Å². The number of piperidine rings is 1. The molecule has 2 unspecified atom stereocenters. The summed E-state index contributed by atoms with van der Waals surface area (Å²) in [4.78, 5) is 2.64. The SMILES string of the molecule is c1ccc(CN2CCCC3CCCNC3C2)cc1. The van der Waals surface area contributed by atoms with E-state index in [0.29, 0.717) is 0 Å². The fourth-order valence-corrected chi connectivity index (χ4v) is 3.51. The Balaban J connectivity index is 1.63. The van der Waals surface area contributed by atoms with Crippen molar-refractivity contribution in [2.45, 2.75) is 38.3 Å². The Morgan fingerprint density at radius 2 is 1.94 bits per heavy atom. The zero-order valence-corrected chi connectivity index (χ0v) is 11.1. The fourth-order valence-electron chi connectivity index (χ4n) is 3.51. The first-order valence-electron chi connectivity index (χ1n) is 7.41. The Labute approximate surface area is 110 Å². The van der Waals surface area contributed by atoms with Gasteiger partial charge < -0.3 is 5.32 Å². The standard InChI is InChI=1S/C16H24N2/c1-2-6-14(7-3-1)12-18-11-5-9-15-8-4-10-17-16(15)13-18/h1-3,6-7,15-17H,4-5,8-13H2. The Hall–Kier alpha value is -0.860. The normalized spacial score (nSPS) is 29.6. The largest absolute Gasteiger partial charge is 0.312 e. The Bertz CT molecular complexity index is 363. The Morgan fingerprint density at radius 1 is 1.11 bits per heavy atom. The molecule has 2 nitrogen and oxygen atoms in total.